The molecule has 5 heteroatoms. The van der Waals surface area contributed by atoms with Gasteiger partial charge in [-0.25, -0.2) is 9.97 Å². The molecule has 2 N–H and O–H groups in total. The van der Waals surface area contributed by atoms with Crippen molar-refractivity contribution in [2.75, 3.05) is 36.9 Å². The molecule has 1 rings (SSSR count). The fraction of sp³-hybridized carbons (Fsp3) is 0.714. The van der Waals surface area contributed by atoms with Gasteiger partial charge in [0.05, 0.1) is 6.61 Å². The minimum absolute atomic E-state index is 0.707. The van der Waals surface area contributed by atoms with E-state index in [0.29, 0.717) is 6.61 Å². The lowest BCUT2D eigenvalue weighted by molar-refractivity contribution is 0.141. The Morgan fingerprint density at radius 3 is 2.32 bits per heavy atom. The summed E-state index contributed by atoms with van der Waals surface area (Å²) in [5, 5.41) is 6.57. The summed E-state index contributed by atoms with van der Waals surface area (Å²) in [7, 11) is 0. The van der Waals surface area contributed by atoms with Crippen molar-refractivity contribution in [1.82, 2.24) is 9.97 Å². The molecule has 0 bridgehead atoms. The third-order valence-corrected chi connectivity index (χ3v) is 2.78. The molecule has 0 aliphatic carbocycles. The number of anilines is 2. The van der Waals surface area contributed by atoms with Crippen LogP contribution < -0.4 is 10.6 Å². The van der Waals surface area contributed by atoms with Crippen molar-refractivity contribution in [2.24, 2.45) is 0 Å². The normalized spacial score (nSPS) is 10.5. The molecule has 0 spiro atoms. The zero-order chi connectivity index (χ0) is 14.1. The van der Waals surface area contributed by atoms with Gasteiger partial charge >= 0.3 is 0 Å². The Bertz CT molecular complexity index is 382. The lowest BCUT2D eigenvalue weighted by Gasteiger charge is -2.13. The van der Waals surface area contributed by atoms with Crippen molar-refractivity contribution >= 4 is 11.6 Å². The highest BCUT2D eigenvalue weighted by Gasteiger charge is 2.07. The first kappa shape index (κ1) is 15.7. The fourth-order valence-corrected chi connectivity index (χ4v) is 1.73. The van der Waals surface area contributed by atoms with E-state index < -0.39 is 0 Å². The van der Waals surface area contributed by atoms with Gasteiger partial charge < -0.3 is 15.4 Å². The molecule has 0 atom stereocenters. The van der Waals surface area contributed by atoms with Crippen LogP contribution in [0.15, 0.2) is 0 Å². The zero-order valence-corrected chi connectivity index (χ0v) is 12.5. The monoisotopic (exact) mass is 266 g/mol. The van der Waals surface area contributed by atoms with Crippen molar-refractivity contribution in [3.05, 3.63) is 11.4 Å². The van der Waals surface area contributed by atoms with Crippen molar-refractivity contribution < 1.29 is 4.74 Å². The molecule has 1 heterocycles. The number of ether oxygens (including phenoxy) is 1. The van der Waals surface area contributed by atoms with Crippen molar-refractivity contribution in [2.45, 2.75) is 40.5 Å². The number of aryl methyl sites for hydroxylation is 1. The van der Waals surface area contributed by atoms with Crippen LogP contribution in [-0.2, 0) is 4.74 Å². The first-order chi connectivity index (χ1) is 9.19. The first-order valence-corrected chi connectivity index (χ1v) is 7.09. The molecule has 5 nitrogen and oxygen atoms in total. The third kappa shape index (κ3) is 5.42. The Labute approximate surface area is 116 Å². The number of aromatic nitrogens is 2. The van der Waals surface area contributed by atoms with Crippen LogP contribution in [0.25, 0.3) is 0 Å². The highest BCUT2D eigenvalue weighted by atomic mass is 16.5. The summed E-state index contributed by atoms with van der Waals surface area (Å²) < 4.78 is 5.52. The molecule has 0 fully saturated rings. The second-order valence-electron chi connectivity index (χ2n) is 4.52. The molecule has 19 heavy (non-hydrogen) atoms. The smallest absolute Gasteiger partial charge is 0.134 e. The van der Waals surface area contributed by atoms with Crippen LogP contribution in [-0.4, -0.2) is 36.3 Å². The third-order valence-electron chi connectivity index (χ3n) is 2.78. The highest BCUT2D eigenvalue weighted by Crippen LogP contribution is 2.19. The van der Waals surface area contributed by atoms with E-state index in [0.717, 1.165) is 49.1 Å². The Morgan fingerprint density at radius 2 is 1.68 bits per heavy atom. The highest BCUT2D eigenvalue weighted by molar-refractivity contribution is 5.57. The Hall–Kier alpha value is -1.36. The molecule has 1 aromatic heterocycles. The predicted molar refractivity (Wildman–Crippen MR) is 79.9 cm³/mol. The van der Waals surface area contributed by atoms with Crippen LogP contribution in [0.5, 0.6) is 0 Å². The molecule has 0 unspecified atom stereocenters. The number of unbranched alkanes of at least 4 members (excludes halogenated alkanes) is 1. The van der Waals surface area contributed by atoms with Crippen molar-refractivity contribution in [1.29, 1.82) is 0 Å². The SMILES string of the molecule is CCCCOCCNc1nc(C)nc(NCC)c1C. The molecule has 0 aromatic carbocycles. The number of nitrogens with zero attached hydrogens (tertiary/aromatic N) is 2. The second kappa shape index (κ2) is 8.69. The van der Waals surface area contributed by atoms with Crippen LogP contribution in [0.2, 0.25) is 0 Å². The summed E-state index contributed by atoms with van der Waals surface area (Å²) in [5.74, 6) is 2.57. The van der Waals surface area contributed by atoms with Crippen LogP contribution in [0.4, 0.5) is 11.6 Å². The summed E-state index contributed by atoms with van der Waals surface area (Å²) in [5.41, 5.74) is 1.06. The van der Waals surface area contributed by atoms with Crippen LogP contribution in [0.3, 0.4) is 0 Å². The Kier molecular flexibility index (Phi) is 7.18. The van der Waals surface area contributed by atoms with Gasteiger partial charge in [0.25, 0.3) is 0 Å². The molecule has 0 aliphatic rings. The van der Waals surface area contributed by atoms with Crippen molar-refractivity contribution in [3.63, 3.8) is 0 Å². The largest absolute Gasteiger partial charge is 0.380 e. The number of rotatable bonds is 9. The molecule has 0 amide bonds. The maximum Gasteiger partial charge on any atom is 0.134 e. The van der Waals surface area contributed by atoms with E-state index in [9.17, 15) is 0 Å². The molecule has 0 saturated heterocycles. The maximum atomic E-state index is 5.52. The van der Waals surface area contributed by atoms with E-state index in [-0.39, 0.29) is 0 Å². The quantitative estimate of drug-likeness (QED) is 0.673. The van der Waals surface area contributed by atoms with E-state index >= 15 is 0 Å². The van der Waals surface area contributed by atoms with E-state index in [2.05, 4.69) is 34.4 Å². The Morgan fingerprint density at radius 1 is 1.00 bits per heavy atom. The standard InChI is InChI=1S/C14H26N4O/c1-5-7-9-19-10-8-16-14-11(3)13(15-6-2)17-12(4)18-14/h5-10H2,1-4H3,(H2,15,16,17,18). The van der Waals surface area contributed by atoms with Gasteiger partial charge in [-0.1, -0.05) is 13.3 Å². The van der Waals surface area contributed by atoms with E-state index in [1.807, 2.05) is 13.8 Å². The van der Waals surface area contributed by atoms with Crippen molar-refractivity contribution in [3.8, 4) is 0 Å². The summed E-state index contributed by atoms with van der Waals surface area (Å²) in [6.45, 7) is 11.3. The van der Waals surface area contributed by atoms with Gasteiger partial charge in [-0.3, -0.25) is 0 Å². The van der Waals surface area contributed by atoms with Gasteiger partial charge in [-0.05, 0) is 27.2 Å². The van der Waals surface area contributed by atoms with Crippen LogP contribution in [0, 0.1) is 13.8 Å². The molecule has 1 aromatic rings. The lowest BCUT2D eigenvalue weighted by Crippen LogP contribution is -2.14. The van der Waals surface area contributed by atoms with Crippen LogP contribution >= 0.6 is 0 Å². The lowest BCUT2D eigenvalue weighted by atomic mass is 10.3. The van der Waals surface area contributed by atoms with Gasteiger partial charge in [0.15, 0.2) is 0 Å². The summed E-state index contributed by atoms with van der Waals surface area (Å²) in [6, 6.07) is 0. The van der Waals surface area contributed by atoms with Gasteiger partial charge in [0.1, 0.15) is 17.5 Å². The van der Waals surface area contributed by atoms with Gasteiger partial charge in [0.2, 0.25) is 0 Å². The van der Waals surface area contributed by atoms with Gasteiger partial charge in [0, 0.05) is 25.3 Å². The predicted octanol–water partition coefficient (Wildman–Crippen LogP) is 2.75. The Balaban J connectivity index is 2.48. The summed E-state index contributed by atoms with van der Waals surface area (Å²) in [6.07, 6.45) is 2.29. The number of nitrogens with one attached hydrogen (secondary N) is 2. The van der Waals surface area contributed by atoms with E-state index in [4.69, 9.17) is 4.74 Å². The average Bonchev–Trinajstić information content (AvgIpc) is 2.39. The minimum Gasteiger partial charge on any atom is -0.380 e. The van der Waals surface area contributed by atoms with E-state index in [1.54, 1.807) is 0 Å². The second-order valence-corrected chi connectivity index (χ2v) is 4.52. The number of hydrogen-bond donors (Lipinski definition) is 2. The molecular weight excluding hydrogens is 240 g/mol. The van der Waals surface area contributed by atoms with Gasteiger partial charge in [-0.15, -0.1) is 0 Å². The van der Waals surface area contributed by atoms with Crippen LogP contribution in [0.1, 0.15) is 38.1 Å². The average molecular weight is 266 g/mol. The summed E-state index contributed by atoms with van der Waals surface area (Å²) in [4.78, 5) is 8.83. The van der Waals surface area contributed by atoms with Gasteiger partial charge in [-0.2, -0.15) is 0 Å². The maximum absolute atomic E-state index is 5.52. The van der Waals surface area contributed by atoms with E-state index in [1.165, 1.54) is 6.42 Å². The zero-order valence-electron chi connectivity index (χ0n) is 12.5. The number of hydrogen-bond acceptors (Lipinski definition) is 5. The first-order valence-electron chi connectivity index (χ1n) is 7.09. The minimum atomic E-state index is 0.707. The molecule has 0 aliphatic heterocycles. The molecule has 0 radical (unpaired) electrons. The molecular formula is C14H26N4O. The topological polar surface area (TPSA) is 59.1 Å². The summed E-state index contributed by atoms with van der Waals surface area (Å²) >= 11 is 0. The molecule has 0 saturated carbocycles. The molecule has 108 valence electrons. The fourth-order valence-electron chi connectivity index (χ4n) is 1.73.